The zero-order chi connectivity index (χ0) is 20.4. The molecule has 0 spiro atoms. The highest BCUT2D eigenvalue weighted by atomic mass is 19.1. The average molecular weight is 393 g/mol. The van der Waals surface area contributed by atoms with E-state index in [-0.39, 0.29) is 17.6 Å². The Labute approximate surface area is 169 Å². The van der Waals surface area contributed by atoms with Gasteiger partial charge < -0.3 is 19.9 Å². The van der Waals surface area contributed by atoms with Crippen LogP contribution in [0.2, 0.25) is 0 Å². The first-order valence-corrected chi connectivity index (χ1v) is 9.68. The number of hydrogen-bond acceptors (Lipinski definition) is 5. The van der Waals surface area contributed by atoms with Gasteiger partial charge in [-0.1, -0.05) is 12.1 Å². The molecule has 150 valence electrons. The number of pyridine rings is 1. The van der Waals surface area contributed by atoms with Gasteiger partial charge in [0.1, 0.15) is 17.3 Å². The molecule has 0 aliphatic carbocycles. The Bertz CT molecular complexity index is 1030. The maximum Gasteiger partial charge on any atom is 0.143 e. The number of nitrogens with zero attached hydrogens (tertiary/aromatic N) is 4. The van der Waals surface area contributed by atoms with E-state index in [1.807, 2.05) is 29.6 Å². The van der Waals surface area contributed by atoms with Crippen LogP contribution < -0.4 is 10.2 Å². The van der Waals surface area contributed by atoms with Gasteiger partial charge in [0.2, 0.25) is 0 Å². The minimum Gasteiger partial charge on any atom is -0.508 e. The van der Waals surface area contributed by atoms with Gasteiger partial charge in [0, 0.05) is 24.9 Å². The maximum absolute atomic E-state index is 13.7. The van der Waals surface area contributed by atoms with E-state index in [2.05, 4.69) is 33.7 Å². The summed E-state index contributed by atoms with van der Waals surface area (Å²) in [6, 6.07) is 8.96. The number of hydrogen-bond donors (Lipinski definition) is 2. The summed E-state index contributed by atoms with van der Waals surface area (Å²) in [5.41, 5.74) is 4.73. The quantitative estimate of drug-likeness (QED) is 0.666. The van der Waals surface area contributed by atoms with Crippen LogP contribution in [0.1, 0.15) is 36.8 Å². The minimum atomic E-state index is -0.360. The standard InChI is InChI=1S/C22H24FN5O/c1-15(2)28-14-26-22-20(25-8-7-16-3-5-19(29)6-4-16)12-27(13-21(22)28)18-9-17(23)10-24-11-18/h3-6,9-12,14-15,25,29H,7-8,13H2,1-2H3. The minimum absolute atomic E-state index is 0.264. The van der Waals surface area contributed by atoms with Crippen LogP contribution in [-0.4, -0.2) is 26.2 Å². The van der Waals surface area contributed by atoms with E-state index >= 15 is 0 Å². The van der Waals surface area contributed by atoms with Gasteiger partial charge in [-0.3, -0.25) is 4.98 Å². The molecule has 1 aliphatic rings. The molecule has 2 N–H and O–H groups in total. The van der Waals surface area contributed by atoms with E-state index in [4.69, 9.17) is 0 Å². The normalized spacial score (nSPS) is 13.4. The molecule has 2 aromatic heterocycles. The number of benzene rings is 1. The first-order valence-electron chi connectivity index (χ1n) is 9.68. The van der Waals surface area contributed by atoms with Gasteiger partial charge in [-0.25, -0.2) is 9.37 Å². The lowest BCUT2D eigenvalue weighted by Crippen LogP contribution is -2.28. The summed E-state index contributed by atoms with van der Waals surface area (Å²) in [4.78, 5) is 10.6. The Balaban J connectivity index is 1.59. The van der Waals surface area contributed by atoms with Gasteiger partial charge in [0.05, 0.1) is 42.3 Å². The van der Waals surface area contributed by atoms with Gasteiger partial charge in [-0.2, -0.15) is 0 Å². The van der Waals surface area contributed by atoms with Crippen LogP contribution in [0.25, 0.3) is 5.70 Å². The number of aromatic hydroxyl groups is 1. The van der Waals surface area contributed by atoms with Gasteiger partial charge in [-0.15, -0.1) is 0 Å². The highest BCUT2D eigenvalue weighted by molar-refractivity contribution is 5.70. The molecule has 0 radical (unpaired) electrons. The molecule has 3 aromatic rings. The second-order valence-corrected chi connectivity index (χ2v) is 7.42. The molecular weight excluding hydrogens is 369 g/mol. The molecule has 1 aromatic carbocycles. The molecule has 0 unspecified atom stereocenters. The number of rotatable bonds is 6. The Morgan fingerprint density at radius 3 is 2.72 bits per heavy atom. The predicted octanol–water partition coefficient (Wildman–Crippen LogP) is 3.85. The van der Waals surface area contributed by atoms with Crippen molar-refractivity contribution in [3.8, 4) is 5.75 Å². The molecule has 1 aliphatic heterocycles. The van der Waals surface area contributed by atoms with Crippen molar-refractivity contribution in [3.63, 3.8) is 0 Å². The van der Waals surface area contributed by atoms with Crippen LogP contribution >= 0.6 is 0 Å². The molecule has 0 amide bonds. The zero-order valence-corrected chi connectivity index (χ0v) is 16.5. The summed E-state index contributed by atoms with van der Waals surface area (Å²) in [5.74, 6) is -0.0965. The van der Waals surface area contributed by atoms with Crippen molar-refractivity contribution in [2.24, 2.45) is 0 Å². The molecular formula is C22H24FN5O. The molecule has 0 fully saturated rings. The number of phenols is 1. The van der Waals surface area contributed by atoms with Crippen molar-refractivity contribution in [2.45, 2.75) is 32.9 Å². The first kappa shape index (κ1) is 19.0. The largest absolute Gasteiger partial charge is 0.508 e. The van der Waals surface area contributed by atoms with E-state index in [9.17, 15) is 9.50 Å². The Kier molecular flexibility index (Phi) is 5.20. The third kappa shape index (κ3) is 4.08. The van der Waals surface area contributed by atoms with Crippen molar-refractivity contribution in [3.05, 3.63) is 78.0 Å². The first-order chi connectivity index (χ1) is 14.0. The third-order valence-electron chi connectivity index (χ3n) is 5.00. The average Bonchev–Trinajstić information content (AvgIpc) is 3.14. The molecule has 0 atom stereocenters. The van der Waals surface area contributed by atoms with Crippen LogP contribution in [0.15, 0.2) is 55.3 Å². The second-order valence-electron chi connectivity index (χ2n) is 7.42. The predicted molar refractivity (Wildman–Crippen MR) is 111 cm³/mol. The summed E-state index contributed by atoms with van der Waals surface area (Å²) in [6.45, 7) is 5.54. The molecule has 7 heteroatoms. The van der Waals surface area contributed by atoms with Crippen LogP contribution in [0.5, 0.6) is 5.75 Å². The number of aromatic nitrogens is 3. The molecule has 0 saturated carbocycles. The van der Waals surface area contributed by atoms with Crippen LogP contribution in [0.4, 0.5) is 10.1 Å². The Morgan fingerprint density at radius 1 is 1.21 bits per heavy atom. The lowest BCUT2D eigenvalue weighted by molar-refractivity contribution is 0.475. The summed E-state index contributed by atoms with van der Waals surface area (Å²) in [7, 11) is 0. The van der Waals surface area contributed by atoms with Crippen molar-refractivity contribution in [2.75, 3.05) is 11.4 Å². The van der Waals surface area contributed by atoms with E-state index < -0.39 is 0 Å². The Hall–Kier alpha value is -3.35. The fourth-order valence-electron chi connectivity index (χ4n) is 3.49. The van der Waals surface area contributed by atoms with Gasteiger partial charge >= 0.3 is 0 Å². The lowest BCUT2D eigenvalue weighted by Gasteiger charge is -2.28. The topological polar surface area (TPSA) is 66.2 Å². The number of nitrogens with one attached hydrogen (secondary N) is 1. The summed E-state index contributed by atoms with van der Waals surface area (Å²) in [5, 5.41) is 12.9. The SMILES string of the molecule is CC(C)n1cnc2c1CN(c1cncc(F)c1)C=C2NCCc1ccc(O)cc1. The molecule has 4 rings (SSSR count). The van der Waals surface area contributed by atoms with Crippen molar-refractivity contribution in [1.82, 2.24) is 19.9 Å². The Morgan fingerprint density at radius 2 is 2.00 bits per heavy atom. The van der Waals surface area contributed by atoms with Crippen LogP contribution in [0, 0.1) is 5.82 Å². The molecule has 6 nitrogen and oxygen atoms in total. The molecule has 0 saturated heterocycles. The van der Waals surface area contributed by atoms with E-state index in [0.29, 0.717) is 18.8 Å². The number of fused-ring (bicyclic) bond motifs is 1. The van der Waals surface area contributed by atoms with Gasteiger partial charge in [-0.05, 0) is 38.0 Å². The summed E-state index contributed by atoms with van der Waals surface area (Å²) >= 11 is 0. The fourth-order valence-corrected chi connectivity index (χ4v) is 3.49. The molecule has 29 heavy (non-hydrogen) atoms. The van der Waals surface area contributed by atoms with Crippen molar-refractivity contribution < 1.29 is 9.50 Å². The van der Waals surface area contributed by atoms with Gasteiger partial charge in [0.25, 0.3) is 0 Å². The monoisotopic (exact) mass is 393 g/mol. The van der Waals surface area contributed by atoms with E-state index in [1.165, 1.54) is 12.3 Å². The number of phenolic OH excluding ortho intramolecular Hbond substituents is 1. The molecule has 3 heterocycles. The summed E-state index contributed by atoms with van der Waals surface area (Å²) in [6.07, 6.45) is 7.50. The van der Waals surface area contributed by atoms with E-state index in [1.54, 1.807) is 18.3 Å². The maximum atomic E-state index is 13.7. The number of halogens is 1. The van der Waals surface area contributed by atoms with E-state index in [0.717, 1.165) is 29.1 Å². The highest BCUT2D eigenvalue weighted by Gasteiger charge is 2.24. The smallest absolute Gasteiger partial charge is 0.143 e. The van der Waals surface area contributed by atoms with Crippen LogP contribution in [0.3, 0.4) is 0 Å². The second kappa shape index (κ2) is 7.95. The highest BCUT2D eigenvalue weighted by Crippen LogP contribution is 2.29. The third-order valence-corrected chi connectivity index (χ3v) is 5.00. The van der Waals surface area contributed by atoms with Crippen LogP contribution in [-0.2, 0) is 13.0 Å². The van der Waals surface area contributed by atoms with Crippen molar-refractivity contribution >= 4 is 11.4 Å². The number of imidazole rings is 1. The fraction of sp³-hybridized carbons (Fsp3) is 0.273. The molecule has 0 bridgehead atoms. The van der Waals surface area contributed by atoms with Crippen molar-refractivity contribution in [1.29, 1.82) is 0 Å². The van der Waals surface area contributed by atoms with Gasteiger partial charge in [0.15, 0.2) is 0 Å². The summed E-state index contributed by atoms with van der Waals surface area (Å²) < 4.78 is 15.9. The number of anilines is 1. The zero-order valence-electron chi connectivity index (χ0n) is 16.5. The lowest BCUT2D eigenvalue weighted by atomic mass is 10.1.